The summed E-state index contributed by atoms with van der Waals surface area (Å²) in [5, 5.41) is 6.85. The van der Waals surface area contributed by atoms with Gasteiger partial charge >= 0.3 is 0 Å². The molecule has 2 aromatic rings. The molecule has 0 aromatic heterocycles. The summed E-state index contributed by atoms with van der Waals surface area (Å²) in [6.07, 6.45) is 1.61. The first-order valence-corrected chi connectivity index (χ1v) is 9.96. The Kier molecular flexibility index (Phi) is 6.05. The minimum atomic E-state index is -0.363. The number of carbonyl (C=O) groups is 3. The number of amides is 3. The second-order valence-corrected chi connectivity index (χ2v) is 7.56. The molecule has 2 aromatic carbocycles. The molecule has 1 heterocycles. The molecule has 3 amide bonds. The van der Waals surface area contributed by atoms with Crippen LogP contribution < -0.4 is 10.6 Å². The molecule has 2 N–H and O–H groups in total. The van der Waals surface area contributed by atoms with Crippen molar-refractivity contribution < 1.29 is 14.4 Å². The predicted octanol–water partition coefficient (Wildman–Crippen LogP) is 3.81. The van der Waals surface area contributed by atoms with Crippen LogP contribution in [0.2, 0.25) is 5.02 Å². The minimum absolute atomic E-state index is 0.105. The van der Waals surface area contributed by atoms with Gasteiger partial charge in [-0.15, -0.1) is 0 Å². The van der Waals surface area contributed by atoms with Crippen LogP contribution in [-0.4, -0.2) is 36.2 Å². The zero-order chi connectivity index (χ0) is 21.2. The molecular weight excluding hydrogens is 390 g/mol. The zero-order valence-electron chi connectivity index (χ0n) is 16.7. The van der Waals surface area contributed by atoms with Crippen LogP contribution in [0.1, 0.15) is 53.0 Å². The highest BCUT2D eigenvalue weighted by molar-refractivity contribution is 6.30. The number of hydrogen-bond donors (Lipinski definition) is 2. The topological polar surface area (TPSA) is 78.5 Å². The van der Waals surface area contributed by atoms with Crippen LogP contribution >= 0.6 is 11.6 Å². The summed E-state index contributed by atoms with van der Waals surface area (Å²) in [5.41, 5.74) is 1.88. The van der Waals surface area contributed by atoms with Crippen molar-refractivity contribution in [1.29, 1.82) is 0 Å². The standard InChI is InChI=1S/C22H24ClN3O3/c1-4-22(5-2,14-6-8-15(23)9-7-14)24-13-19(27)25-16-10-11-17-18(12-16)21(29)26(3)20(17)28/h6-12,24H,4-5,13H2,1-3H3,(H,25,27). The van der Waals surface area contributed by atoms with Gasteiger partial charge in [0.25, 0.3) is 11.8 Å². The van der Waals surface area contributed by atoms with E-state index in [2.05, 4.69) is 24.5 Å². The van der Waals surface area contributed by atoms with Crippen LogP contribution in [0.25, 0.3) is 0 Å². The maximum absolute atomic E-state index is 12.5. The van der Waals surface area contributed by atoms with Crippen molar-refractivity contribution in [1.82, 2.24) is 10.2 Å². The first-order chi connectivity index (χ1) is 13.8. The summed E-state index contributed by atoms with van der Waals surface area (Å²) in [6, 6.07) is 12.4. The van der Waals surface area contributed by atoms with Crippen molar-refractivity contribution in [2.75, 3.05) is 18.9 Å². The Morgan fingerprint density at radius 3 is 2.24 bits per heavy atom. The molecule has 0 saturated heterocycles. The second kappa shape index (κ2) is 8.35. The van der Waals surface area contributed by atoms with Crippen molar-refractivity contribution >= 4 is 35.0 Å². The third kappa shape index (κ3) is 4.04. The number of nitrogens with zero attached hydrogens (tertiary/aromatic N) is 1. The first-order valence-electron chi connectivity index (χ1n) is 9.58. The summed E-state index contributed by atoms with van der Waals surface area (Å²) in [4.78, 5) is 37.7. The zero-order valence-corrected chi connectivity index (χ0v) is 17.5. The Morgan fingerprint density at radius 2 is 1.62 bits per heavy atom. The average Bonchev–Trinajstić information content (AvgIpc) is 2.94. The van der Waals surface area contributed by atoms with Crippen LogP contribution in [0.5, 0.6) is 0 Å². The first kappa shape index (κ1) is 21.0. The highest BCUT2D eigenvalue weighted by atomic mass is 35.5. The maximum atomic E-state index is 12.5. The van der Waals surface area contributed by atoms with Gasteiger partial charge in [-0.3, -0.25) is 24.6 Å². The van der Waals surface area contributed by atoms with E-state index in [0.717, 1.165) is 23.3 Å². The smallest absolute Gasteiger partial charge is 0.261 e. The number of carbonyl (C=O) groups excluding carboxylic acids is 3. The molecule has 6 nitrogen and oxygen atoms in total. The Balaban J connectivity index is 1.70. The molecule has 0 spiro atoms. The van der Waals surface area contributed by atoms with E-state index in [1.165, 1.54) is 7.05 Å². The van der Waals surface area contributed by atoms with E-state index < -0.39 is 0 Å². The molecule has 1 aliphatic heterocycles. The van der Waals surface area contributed by atoms with Crippen LogP contribution in [0.4, 0.5) is 5.69 Å². The normalized spacial score (nSPS) is 13.6. The van der Waals surface area contributed by atoms with Crippen LogP contribution in [0, 0.1) is 0 Å². The SMILES string of the molecule is CCC(CC)(NCC(=O)Nc1ccc2c(c1)C(=O)N(C)C2=O)c1ccc(Cl)cc1. The molecule has 0 bridgehead atoms. The van der Waals surface area contributed by atoms with Crippen molar-refractivity contribution in [2.24, 2.45) is 0 Å². The fourth-order valence-electron chi connectivity index (χ4n) is 3.67. The van der Waals surface area contributed by atoms with Gasteiger partial charge in [0.15, 0.2) is 0 Å². The third-order valence-electron chi connectivity index (χ3n) is 5.56. The van der Waals surface area contributed by atoms with Gasteiger partial charge in [0, 0.05) is 23.3 Å². The fraction of sp³-hybridized carbons (Fsp3) is 0.318. The number of rotatable bonds is 7. The molecule has 0 atom stereocenters. The van der Waals surface area contributed by atoms with E-state index in [4.69, 9.17) is 11.6 Å². The van der Waals surface area contributed by atoms with E-state index >= 15 is 0 Å². The lowest BCUT2D eigenvalue weighted by molar-refractivity contribution is -0.115. The Morgan fingerprint density at radius 1 is 1.00 bits per heavy atom. The Labute approximate surface area is 175 Å². The van der Waals surface area contributed by atoms with E-state index in [-0.39, 0.29) is 29.8 Å². The van der Waals surface area contributed by atoms with E-state index in [9.17, 15) is 14.4 Å². The Bertz CT molecular complexity index is 952. The van der Waals surface area contributed by atoms with Gasteiger partial charge in [-0.25, -0.2) is 0 Å². The van der Waals surface area contributed by atoms with Crippen LogP contribution in [-0.2, 0) is 10.3 Å². The van der Waals surface area contributed by atoms with Crippen LogP contribution in [0.3, 0.4) is 0 Å². The number of nitrogens with one attached hydrogen (secondary N) is 2. The molecule has 0 unspecified atom stereocenters. The van der Waals surface area contributed by atoms with Gasteiger partial charge in [-0.2, -0.15) is 0 Å². The molecule has 0 radical (unpaired) electrons. The molecule has 29 heavy (non-hydrogen) atoms. The van der Waals surface area contributed by atoms with Gasteiger partial charge in [0.1, 0.15) is 0 Å². The predicted molar refractivity (Wildman–Crippen MR) is 113 cm³/mol. The number of benzene rings is 2. The number of anilines is 1. The second-order valence-electron chi connectivity index (χ2n) is 7.13. The van der Waals surface area contributed by atoms with Gasteiger partial charge < -0.3 is 5.32 Å². The van der Waals surface area contributed by atoms with Crippen molar-refractivity contribution in [3.05, 3.63) is 64.2 Å². The van der Waals surface area contributed by atoms with Crippen molar-refractivity contribution in [2.45, 2.75) is 32.2 Å². The minimum Gasteiger partial charge on any atom is -0.325 e. The largest absolute Gasteiger partial charge is 0.325 e. The molecule has 0 aliphatic carbocycles. The molecule has 1 aliphatic rings. The molecule has 0 fully saturated rings. The average molecular weight is 414 g/mol. The third-order valence-corrected chi connectivity index (χ3v) is 5.82. The lowest BCUT2D eigenvalue weighted by Gasteiger charge is -2.33. The van der Waals surface area contributed by atoms with Crippen molar-refractivity contribution in [3.8, 4) is 0 Å². The van der Waals surface area contributed by atoms with Crippen molar-refractivity contribution in [3.63, 3.8) is 0 Å². The number of halogens is 1. The maximum Gasteiger partial charge on any atom is 0.261 e. The van der Waals surface area contributed by atoms with E-state index in [1.807, 2.05) is 24.3 Å². The lowest BCUT2D eigenvalue weighted by atomic mass is 9.84. The number of fused-ring (bicyclic) bond motifs is 1. The quantitative estimate of drug-likeness (QED) is 0.676. The molecular formula is C22H24ClN3O3. The monoisotopic (exact) mass is 413 g/mol. The molecule has 152 valence electrons. The van der Waals surface area contributed by atoms with E-state index in [0.29, 0.717) is 21.8 Å². The highest BCUT2D eigenvalue weighted by Crippen LogP contribution is 2.30. The van der Waals surface area contributed by atoms with Gasteiger partial charge in [0.05, 0.1) is 17.7 Å². The van der Waals surface area contributed by atoms with Gasteiger partial charge in [-0.05, 0) is 48.7 Å². The Hall–Kier alpha value is -2.70. The van der Waals surface area contributed by atoms with E-state index in [1.54, 1.807) is 18.2 Å². The number of imide groups is 1. The van der Waals surface area contributed by atoms with Crippen LogP contribution in [0.15, 0.2) is 42.5 Å². The fourth-order valence-corrected chi connectivity index (χ4v) is 3.80. The molecule has 0 saturated carbocycles. The molecule has 7 heteroatoms. The summed E-state index contributed by atoms with van der Waals surface area (Å²) in [5.74, 6) is -0.920. The summed E-state index contributed by atoms with van der Waals surface area (Å²) < 4.78 is 0. The molecule has 3 rings (SSSR count). The van der Waals surface area contributed by atoms with Gasteiger partial charge in [0.2, 0.25) is 5.91 Å². The summed E-state index contributed by atoms with van der Waals surface area (Å²) >= 11 is 6.00. The summed E-state index contributed by atoms with van der Waals surface area (Å²) in [6.45, 7) is 4.25. The lowest BCUT2D eigenvalue weighted by Crippen LogP contribution is -2.45. The highest BCUT2D eigenvalue weighted by Gasteiger charge is 2.33. The summed E-state index contributed by atoms with van der Waals surface area (Å²) in [7, 11) is 1.44. The van der Waals surface area contributed by atoms with Gasteiger partial charge in [-0.1, -0.05) is 37.6 Å². The number of hydrogen-bond acceptors (Lipinski definition) is 4.